The van der Waals surface area contributed by atoms with Gasteiger partial charge in [0.05, 0.1) is 0 Å². The molecule has 19 heavy (non-hydrogen) atoms. The molecule has 1 heterocycles. The minimum absolute atomic E-state index is 0.0527. The van der Waals surface area contributed by atoms with E-state index in [0.29, 0.717) is 13.0 Å². The minimum atomic E-state index is -0.502. The number of nitrogens with zero attached hydrogens (tertiary/aromatic N) is 1. The van der Waals surface area contributed by atoms with E-state index in [0.717, 1.165) is 6.42 Å². The van der Waals surface area contributed by atoms with Gasteiger partial charge in [0.1, 0.15) is 11.6 Å². The number of hydrogen-bond donors (Lipinski definition) is 0. The first-order valence-corrected chi connectivity index (χ1v) is 7.17. The molecule has 2 atom stereocenters. The number of carbonyl (C=O) groups excluding carboxylic acids is 2. The van der Waals surface area contributed by atoms with Gasteiger partial charge >= 0.3 is 5.97 Å². The summed E-state index contributed by atoms with van der Waals surface area (Å²) in [5.41, 5.74) is -0.502. The van der Waals surface area contributed by atoms with E-state index in [1.54, 1.807) is 4.90 Å². The van der Waals surface area contributed by atoms with Crippen molar-refractivity contribution in [3.63, 3.8) is 0 Å². The van der Waals surface area contributed by atoms with Crippen LogP contribution < -0.4 is 0 Å². The Hall–Kier alpha value is -1.06. The molecule has 0 bridgehead atoms. The van der Waals surface area contributed by atoms with Crippen molar-refractivity contribution in [1.29, 1.82) is 0 Å². The average Bonchev–Trinajstić information content (AvgIpc) is 2.73. The van der Waals surface area contributed by atoms with Crippen LogP contribution in [0.25, 0.3) is 0 Å². The SMILES string of the molecule is CC(C)C(C)C(=O)N1CCC[C@@H]1C(=O)OC(C)(C)C. The fraction of sp³-hybridized carbons (Fsp3) is 0.867. The highest BCUT2D eigenvalue weighted by molar-refractivity contribution is 5.86. The smallest absolute Gasteiger partial charge is 0.329 e. The Bertz CT molecular complexity index is 344. The molecule has 1 fully saturated rings. The third-order valence-electron chi connectivity index (χ3n) is 3.60. The fourth-order valence-corrected chi connectivity index (χ4v) is 2.19. The molecule has 110 valence electrons. The Balaban J connectivity index is 2.74. The topological polar surface area (TPSA) is 46.6 Å². The normalized spacial score (nSPS) is 21.6. The first-order valence-electron chi connectivity index (χ1n) is 7.17. The molecule has 1 amide bonds. The average molecular weight is 269 g/mol. The summed E-state index contributed by atoms with van der Waals surface area (Å²) in [6.45, 7) is 12.2. The summed E-state index contributed by atoms with van der Waals surface area (Å²) in [4.78, 5) is 26.2. The molecule has 0 spiro atoms. The summed E-state index contributed by atoms with van der Waals surface area (Å²) in [7, 11) is 0. The van der Waals surface area contributed by atoms with E-state index >= 15 is 0 Å². The Morgan fingerprint density at radius 1 is 1.21 bits per heavy atom. The van der Waals surface area contributed by atoms with Crippen molar-refractivity contribution in [2.24, 2.45) is 11.8 Å². The van der Waals surface area contributed by atoms with Crippen molar-refractivity contribution in [2.45, 2.75) is 66.0 Å². The van der Waals surface area contributed by atoms with Gasteiger partial charge in [-0.15, -0.1) is 0 Å². The van der Waals surface area contributed by atoms with E-state index in [9.17, 15) is 9.59 Å². The molecule has 0 N–H and O–H groups in total. The maximum atomic E-state index is 12.4. The van der Waals surface area contributed by atoms with E-state index in [1.807, 2.05) is 41.5 Å². The van der Waals surface area contributed by atoms with Crippen LogP contribution in [0.4, 0.5) is 0 Å². The zero-order valence-corrected chi connectivity index (χ0v) is 13.0. The molecule has 0 aromatic carbocycles. The van der Waals surface area contributed by atoms with Crippen LogP contribution in [0.1, 0.15) is 54.4 Å². The lowest BCUT2D eigenvalue weighted by Crippen LogP contribution is -2.46. The monoisotopic (exact) mass is 269 g/mol. The molecule has 0 saturated carbocycles. The van der Waals surface area contributed by atoms with Gasteiger partial charge in [-0.05, 0) is 39.5 Å². The maximum absolute atomic E-state index is 12.4. The van der Waals surface area contributed by atoms with Gasteiger partial charge in [0, 0.05) is 12.5 Å². The van der Waals surface area contributed by atoms with Gasteiger partial charge < -0.3 is 9.64 Å². The van der Waals surface area contributed by atoms with E-state index < -0.39 is 11.6 Å². The van der Waals surface area contributed by atoms with E-state index in [-0.39, 0.29) is 23.7 Å². The van der Waals surface area contributed by atoms with Gasteiger partial charge in [0.2, 0.25) is 5.91 Å². The minimum Gasteiger partial charge on any atom is -0.458 e. The number of carbonyl (C=O) groups is 2. The lowest BCUT2D eigenvalue weighted by molar-refractivity contribution is -0.164. The van der Waals surface area contributed by atoms with Crippen LogP contribution in [0, 0.1) is 11.8 Å². The molecule has 0 aliphatic carbocycles. The van der Waals surface area contributed by atoms with Crippen molar-refractivity contribution in [2.75, 3.05) is 6.54 Å². The Morgan fingerprint density at radius 2 is 1.79 bits per heavy atom. The second-order valence-electron chi connectivity index (χ2n) is 6.76. The number of hydrogen-bond acceptors (Lipinski definition) is 3. The number of amides is 1. The highest BCUT2D eigenvalue weighted by Gasteiger charge is 2.38. The molecule has 0 aromatic heterocycles. The maximum Gasteiger partial charge on any atom is 0.329 e. The van der Waals surface area contributed by atoms with Crippen LogP contribution in [-0.4, -0.2) is 35.0 Å². The summed E-state index contributed by atoms with van der Waals surface area (Å²) in [6.07, 6.45) is 1.59. The molecule has 1 aliphatic rings. The molecule has 1 aliphatic heterocycles. The van der Waals surface area contributed by atoms with Gasteiger partial charge in [-0.2, -0.15) is 0 Å². The fourth-order valence-electron chi connectivity index (χ4n) is 2.19. The third-order valence-corrected chi connectivity index (χ3v) is 3.60. The zero-order valence-electron chi connectivity index (χ0n) is 13.0. The van der Waals surface area contributed by atoms with Crippen LogP contribution in [0.5, 0.6) is 0 Å². The summed E-state index contributed by atoms with van der Waals surface area (Å²) < 4.78 is 5.41. The highest BCUT2D eigenvalue weighted by atomic mass is 16.6. The van der Waals surface area contributed by atoms with Crippen LogP contribution in [0.2, 0.25) is 0 Å². The van der Waals surface area contributed by atoms with Gasteiger partial charge in [0.25, 0.3) is 0 Å². The summed E-state index contributed by atoms with van der Waals surface area (Å²) >= 11 is 0. The summed E-state index contributed by atoms with van der Waals surface area (Å²) in [6, 6.07) is -0.395. The summed E-state index contributed by atoms with van der Waals surface area (Å²) in [5.74, 6) is 0.0353. The Morgan fingerprint density at radius 3 is 2.26 bits per heavy atom. The quantitative estimate of drug-likeness (QED) is 0.740. The Labute approximate surface area is 116 Å². The van der Waals surface area contributed by atoms with Crippen LogP contribution in [-0.2, 0) is 14.3 Å². The summed E-state index contributed by atoms with van der Waals surface area (Å²) in [5, 5.41) is 0. The first-order chi connectivity index (χ1) is 8.63. The van der Waals surface area contributed by atoms with Gasteiger partial charge in [-0.1, -0.05) is 20.8 Å². The molecular formula is C15H27NO3. The third kappa shape index (κ3) is 4.22. The van der Waals surface area contributed by atoms with Crippen LogP contribution in [0.3, 0.4) is 0 Å². The van der Waals surface area contributed by atoms with Gasteiger partial charge in [-0.25, -0.2) is 4.79 Å². The molecule has 4 nitrogen and oxygen atoms in total. The standard InChI is InChI=1S/C15H27NO3/c1-10(2)11(3)13(17)16-9-7-8-12(16)14(18)19-15(4,5)6/h10-12H,7-9H2,1-6H3/t11?,12-/m1/s1. The van der Waals surface area contributed by atoms with Crippen molar-refractivity contribution in [1.82, 2.24) is 4.90 Å². The number of rotatable bonds is 3. The largest absolute Gasteiger partial charge is 0.458 e. The van der Waals surface area contributed by atoms with Gasteiger partial charge in [-0.3, -0.25) is 4.79 Å². The lowest BCUT2D eigenvalue weighted by atomic mass is 9.96. The predicted molar refractivity (Wildman–Crippen MR) is 74.6 cm³/mol. The van der Waals surface area contributed by atoms with Crippen LogP contribution in [0.15, 0.2) is 0 Å². The highest BCUT2D eigenvalue weighted by Crippen LogP contribution is 2.24. The molecule has 0 radical (unpaired) electrons. The number of ether oxygens (including phenoxy) is 1. The van der Waals surface area contributed by atoms with E-state index in [2.05, 4.69) is 0 Å². The number of likely N-dealkylation sites (tertiary alicyclic amines) is 1. The zero-order chi connectivity index (χ0) is 14.8. The molecule has 1 rings (SSSR count). The van der Waals surface area contributed by atoms with Crippen molar-refractivity contribution < 1.29 is 14.3 Å². The van der Waals surface area contributed by atoms with Crippen LogP contribution >= 0.6 is 0 Å². The van der Waals surface area contributed by atoms with Crippen molar-refractivity contribution in [3.05, 3.63) is 0 Å². The molecule has 0 aromatic rings. The van der Waals surface area contributed by atoms with Gasteiger partial charge in [0.15, 0.2) is 0 Å². The molecule has 4 heteroatoms. The molecular weight excluding hydrogens is 242 g/mol. The Kier molecular flexibility index (Phi) is 4.99. The second kappa shape index (κ2) is 5.93. The van der Waals surface area contributed by atoms with Crippen molar-refractivity contribution in [3.8, 4) is 0 Å². The van der Waals surface area contributed by atoms with E-state index in [1.165, 1.54) is 0 Å². The number of esters is 1. The van der Waals surface area contributed by atoms with E-state index in [4.69, 9.17) is 4.74 Å². The first kappa shape index (κ1) is 16.0. The molecule has 1 unspecified atom stereocenters. The van der Waals surface area contributed by atoms with Crippen molar-refractivity contribution >= 4 is 11.9 Å². The predicted octanol–water partition coefficient (Wildman–Crippen LogP) is 2.61. The molecule has 1 saturated heterocycles. The lowest BCUT2D eigenvalue weighted by Gasteiger charge is -2.30. The second-order valence-corrected chi connectivity index (χ2v) is 6.76.